The zero-order valence-electron chi connectivity index (χ0n) is 9.15. The highest BCUT2D eigenvalue weighted by Gasteiger charge is 2.32. The van der Waals surface area contributed by atoms with Crippen LogP contribution >= 0.6 is 0 Å². The summed E-state index contributed by atoms with van der Waals surface area (Å²) >= 11 is 0. The molecule has 0 amide bonds. The maximum atomic E-state index is 10.6. The van der Waals surface area contributed by atoms with Crippen LogP contribution in [0.25, 0.3) is 0 Å². The van der Waals surface area contributed by atoms with Gasteiger partial charge in [-0.05, 0) is 29.5 Å². The van der Waals surface area contributed by atoms with Crippen LogP contribution in [0.5, 0.6) is 0 Å². The number of hydrogen-bond acceptors (Lipinski definition) is 2. The second kappa shape index (κ2) is 3.59. The number of carbonyl (C=O) groups is 1. The van der Waals surface area contributed by atoms with Crippen molar-refractivity contribution in [1.82, 2.24) is 4.90 Å². The Balaban J connectivity index is 1.79. The van der Waals surface area contributed by atoms with E-state index in [0.29, 0.717) is 0 Å². The van der Waals surface area contributed by atoms with E-state index >= 15 is 0 Å². The van der Waals surface area contributed by atoms with Crippen LogP contribution in [0.1, 0.15) is 29.5 Å². The highest BCUT2D eigenvalue weighted by Crippen LogP contribution is 2.34. The lowest BCUT2D eigenvalue weighted by atomic mass is 10.0. The molecule has 1 aromatic rings. The number of fused-ring (bicyclic) bond motifs is 1. The van der Waals surface area contributed by atoms with Gasteiger partial charge in [-0.15, -0.1) is 0 Å². The number of carboxylic acids is 1. The molecular weight excluding hydrogens is 202 g/mol. The second-order valence-electron chi connectivity index (χ2n) is 4.81. The molecule has 1 heterocycles. The molecule has 16 heavy (non-hydrogen) atoms. The largest absolute Gasteiger partial charge is 0.481 e. The van der Waals surface area contributed by atoms with E-state index in [1.807, 2.05) is 6.07 Å². The third-order valence-electron chi connectivity index (χ3n) is 3.44. The number of hydrogen-bond donors (Lipinski definition) is 1. The zero-order chi connectivity index (χ0) is 11.1. The summed E-state index contributed by atoms with van der Waals surface area (Å²) in [6.07, 6.45) is 2.79. The minimum Gasteiger partial charge on any atom is -0.481 e. The monoisotopic (exact) mass is 217 g/mol. The van der Waals surface area contributed by atoms with E-state index in [-0.39, 0.29) is 6.42 Å². The van der Waals surface area contributed by atoms with Crippen LogP contribution in [0.3, 0.4) is 0 Å². The maximum absolute atomic E-state index is 10.6. The molecule has 0 spiro atoms. The molecule has 1 N–H and O–H groups in total. The molecule has 1 saturated carbocycles. The first-order chi connectivity index (χ1) is 7.72. The van der Waals surface area contributed by atoms with Gasteiger partial charge in [0, 0.05) is 19.1 Å². The minimum absolute atomic E-state index is 0.136. The highest BCUT2D eigenvalue weighted by atomic mass is 16.4. The van der Waals surface area contributed by atoms with Crippen LogP contribution in [-0.4, -0.2) is 22.0 Å². The van der Waals surface area contributed by atoms with Crippen molar-refractivity contribution in [1.29, 1.82) is 0 Å². The molecule has 0 radical (unpaired) electrons. The van der Waals surface area contributed by atoms with Crippen molar-refractivity contribution in [2.45, 2.75) is 38.4 Å². The van der Waals surface area contributed by atoms with Gasteiger partial charge in [0.05, 0.1) is 6.42 Å². The lowest BCUT2D eigenvalue weighted by molar-refractivity contribution is -0.136. The van der Waals surface area contributed by atoms with Crippen molar-refractivity contribution in [3.63, 3.8) is 0 Å². The van der Waals surface area contributed by atoms with Crippen molar-refractivity contribution in [2.24, 2.45) is 0 Å². The first-order valence-electron chi connectivity index (χ1n) is 5.79. The highest BCUT2D eigenvalue weighted by molar-refractivity contribution is 5.70. The second-order valence-corrected chi connectivity index (χ2v) is 4.81. The van der Waals surface area contributed by atoms with E-state index in [1.54, 1.807) is 0 Å². The average Bonchev–Trinajstić information content (AvgIpc) is 2.98. The topological polar surface area (TPSA) is 40.5 Å². The lowest BCUT2D eigenvalue weighted by Crippen LogP contribution is -2.18. The Morgan fingerprint density at radius 2 is 2.06 bits per heavy atom. The summed E-state index contributed by atoms with van der Waals surface area (Å²) in [6, 6.07) is 6.89. The van der Waals surface area contributed by atoms with Crippen LogP contribution in [0.4, 0.5) is 0 Å². The zero-order valence-corrected chi connectivity index (χ0v) is 9.15. The average molecular weight is 217 g/mol. The Hall–Kier alpha value is -1.35. The molecule has 3 heteroatoms. The summed E-state index contributed by atoms with van der Waals surface area (Å²) in [5.41, 5.74) is 3.62. The van der Waals surface area contributed by atoms with E-state index in [1.165, 1.54) is 24.0 Å². The number of rotatable bonds is 3. The summed E-state index contributed by atoms with van der Waals surface area (Å²) < 4.78 is 0. The van der Waals surface area contributed by atoms with E-state index in [0.717, 1.165) is 24.7 Å². The van der Waals surface area contributed by atoms with Crippen LogP contribution in [0.2, 0.25) is 0 Å². The van der Waals surface area contributed by atoms with Gasteiger partial charge in [-0.3, -0.25) is 9.69 Å². The van der Waals surface area contributed by atoms with E-state index in [4.69, 9.17) is 5.11 Å². The van der Waals surface area contributed by atoms with E-state index in [2.05, 4.69) is 17.0 Å². The number of aliphatic carboxylic acids is 1. The molecular formula is C13H15NO2. The quantitative estimate of drug-likeness (QED) is 0.839. The minimum atomic E-state index is -0.753. The number of benzene rings is 1. The standard InChI is InChI=1S/C13H15NO2/c15-13(16)6-9-1-2-10-7-14(12-3-4-12)8-11(10)5-9/h1-2,5,12H,3-4,6-8H2,(H,15,16). The summed E-state index contributed by atoms with van der Waals surface area (Å²) in [6.45, 7) is 2.06. The van der Waals surface area contributed by atoms with Crippen molar-refractivity contribution in [3.05, 3.63) is 34.9 Å². The van der Waals surface area contributed by atoms with E-state index in [9.17, 15) is 4.79 Å². The number of nitrogens with zero attached hydrogens (tertiary/aromatic N) is 1. The van der Waals surface area contributed by atoms with Gasteiger partial charge in [0.15, 0.2) is 0 Å². The summed E-state index contributed by atoms with van der Waals surface area (Å²) in [5.74, 6) is -0.753. The van der Waals surface area contributed by atoms with E-state index < -0.39 is 5.97 Å². The van der Waals surface area contributed by atoms with Crippen LogP contribution in [0.15, 0.2) is 18.2 Å². The lowest BCUT2D eigenvalue weighted by Gasteiger charge is -2.11. The van der Waals surface area contributed by atoms with Crippen molar-refractivity contribution >= 4 is 5.97 Å². The van der Waals surface area contributed by atoms with Gasteiger partial charge in [0.25, 0.3) is 0 Å². The molecule has 0 aromatic heterocycles. The van der Waals surface area contributed by atoms with Gasteiger partial charge in [0.1, 0.15) is 0 Å². The Kier molecular flexibility index (Phi) is 2.21. The van der Waals surface area contributed by atoms with Crippen molar-refractivity contribution in [3.8, 4) is 0 Å². The molecule has 1 aromatic carbocycles. The van der Waals surface area contributed by atoms with Crippen LogP contribution < -0.4 is 0 Å². The molecule has 1 fully saturated rings. The molecule has 0 unspecified atom stereocenters. The molecule has 0 saturated heterocycles. The number of carboxylic acid groups (broad SMARTS) is 1. The first kappa shape index (κ1) is 9.85. The predicted octanol–water partition coefficient (Wildman–Crippen LogP) is 1.79. The summed E-state index contributed by atoms with van der Waals surface area (Å²) in [4.78, 5) is 13.1. The first-order valence-corrected chi connectivity index (χ1v) is 5.79. The molecule has 2 aliphatic rings. The third kappa shape index (κ3) is 1.83. The normalized spacial score (nSPS) is 19.8. The SMILES string of the molecule is O=C(O)Cc1ccc2c(c1)CN(C1CC1)C2. The van der Waals surface area contributed by atoms with Crippen LogP contribution in [-0.2, 0) is 24.3 Å². The Morgan fingerprint density at radius 3 is 2.75 bits per heavy atom. The Bertz CT molecular complexity index is 438. The molecule has 3 rings (SSSR count). The van der Waals surface area contributed by atoms with Crippen LogP contribution in [0, 0.1) is 0 Å². The maximum Gasteiger partial charge on any atom is 0.307 e. The van der Waals surface area contributed by atoms with Gasteiger partial charge in [-0.2, -0.15) is 0 Å². The summed E-state index contributed by atoms with van der Waals surface area (Å²) in [5, 5.41) is 8.76. The van der Waals surface area contributed by atoms with Crippen molar-refractivity contribution < 1.29 is 9.90 Å². The molecule has 1 aliphatic carbocycles. The third-order valence-corrected chi connectivity index (χ3v) is 3.44. The molecule has 0 atom stereocenters. The van der Waals surface area contributed by atoms with Gasteiger partial charge in [-0.25, -0.2) is 0 Å². The Labute approximate surface area is 94.7 Å². The molecule has 0 bridgehead atoms. The Morgan fingerprint density at radius 1 is 1.31 bits per heavy atom. The molecule has 84 valence electrons. The molecule has 3 nitrogen and oxygen atoms in total. The fourth-order valence-corrected chi connectivity index (χ4v) is 2.46. The molecule has 1 aliphatic heterocycles. The van der Waals surface area contributed by atoms with Crippen molar-refractivity contribution in [2.75, 3.05) is 0 Å². The fourth-order valence-electron chi connectivity index (χ4n) is 2.46. The van der Waals surface area contributed by atoms with Gasteiger partial charge in [-0.1, -0.05) is 18.2 Å². The van der Waals surface area contributed by atoms with Gasteiger partial charge < -0.3 is 5.11 Å². The predicted molar refractivity (Wildman–Crippen MR) is 60.1 cm³/mol. The fraction of sp³-hybridized carbons (Fsp3) is 0.462. The van der Waals surface area contributed by atoms with Gasteiger partial charge in [0.2, 0.25) is 0 Å². The smallest absolute Gasteiger partial charge is 0.307 e. The summed E-state index contributed by atoms with van der Waals surface area (Å²) in [7, 11) is 0. The van der Waals surface area contributed by atoms with Gasteiger partial charge >= 0.3 is 5.97 Å².